The average molecular weight is 782 g/mol. The molecule has 0 aromatic heterocycles. The van der Waals surface area contributed by atoms with E-state index in [4.69, 9.17) is 19.2 Å². The number of aryl methyl sites for hydroxylation is 3. The average Bonchev–Trinajstić information content (AvgIpc) is 3.20. The van der Waals surface area contributed by atoms with Crippen molar-refractivity contribution in [3.8, 4) is 0 Å². The zero-order valence-electron chi connectivity index (χ0n) is 33.2. The van der Waals surface area contributed by atoms with Gasteiger partial charge >= 0.3 is 5.97 Å². The van der Waals surface area contributed by atoms with Gasteiger partial charge in [-0.25, -0.2) is 21.2 Å². The molecule has 0 heterocycles. The van der Waals surface area contributed by atoms with Crippen LogP contribution in [-0.2, 0) is 53.5 Å². The summed E-state index contributed by atoms with van der Waals surface area (Å²) in [4.78, 5) is 71.7. The fourth-order valence-corrected chi connectivity index (χ4v) is 6.05. The Bertz CT molecular complexity index is 1740. The highest BCUT2D eigenvalue weighted by Gasteiger charge is 2.18. The van der Waals surface area contributed by atoms with Crippen LogP contribution in [0.1, 0.15) is 63.0 Å². The van der Waals surface area contributed by atoms with Crippen molar-refractivity contribution in [2.24, 2.45) is 0 Å². The van der Waals surface area contributed by atoms with Crippen LogP contribution in [-0.4, -0.2) is 79.4 Å². The Morgan fingerprint density at radius 1 is 0.491 bits per heavy atom. The Labute approximate surface area is 335 Å². The molecule has 0 bridgehead atoms. The summed E-state index contributed by atoms with van der Waals surface area (Å²) in [6.45, 7) is 8.82. The number of esters is 1. The van der Waals surface area contributed by atoms with Crippen molar-refractivity contribution in [2.75, 3.05) is 45.9 Å². The van der Waals surface area contributed by atoms with Crippen molar-refractivity contribution in [1.82, 2.24) is 26.2 Å². The van der Waals surface area contributed by atoms with Crippen molar-refractivity contribution in [3.05, 3.63) is 142 Å². The Morgan fingerprint density at radius 3 is 1.21 bits per heavy atom. The number of rotatable bonds is 25. The van der Waals surface area contributed by atoms with E-state index in [-0.39, 0.29) is 63.4 Å². The van der Waals surface area contributed by atoms with E-state index in [0.29, 0.717) is 44.8 Å². The number of nitrogens with zero attached hydrogens (tertiary/aromatic N) is 2. The van der Waals surface area contributed by atoms with Crippen molar-refractivity contribution in [3.63, 3.8) is 0 Å². The Morgan fingerprint density at radius 2 is 0.842 bits per heavy atom. The highest BCUT2D eigenvalue weighted by Crippen LogP contribution is 2.17. The van der Waals surface area contributed by atoms with Crippen LogP contribution in [0, 0.1) is 20.8 Å². The summed E-state index contributed by atoms with van der Waals surface area (Å²) < 4.78 is 5.73. The minimum Gasteiger partial charge on any atom is -0.461 e. The second kappa shape index (κ2) is 24.9. The monoisotopic (exact) mass is 781 g/mol. The summed E-state index contributed by atoms with van der Waals surface area (Å²) in [6.07, 6.45) is 0.366. The molecule has 0 radical (unpaired) electrons. The summed E-state index contributed by atoms with van der Waals surface area (Å²) >= 11 is 0. The molecule has 0 aliphatic rings. The first-order valence-corrected chi connectivity index (χ1v) is 19.2. The molecule has 0 aliphatic carbocycles. The van der Waals surface area contributed by atoms with Gasteiger partial charge in [0.1, 0.15) is 6.61 Å². The Balaban J connectivity index is 1.34. The molecule has 0 saturated carbocycles. The molecule has 0 fully saturated rings. The fraction of sp³-hybridized carbons (Fsp3) is 0.364. The SMILES string of the molecule is Cc1cc(C)c(C(=O)OCCN(CCC(=O)NOCc2ccccc2)CCN(CCC(=O)NOCc2ccccc2)CCC(=O)NOCc2ccccc2)c(C)c1. The molecule has 3 N–H and O–H groups in total. The van der Waals surface area contributed by atoms with Crippen molar-refractivity contribution >= 4 is 23.7 Å². The lowest BCUT2D eigenvalue weighted by molar-refractivity contribution is -0.136. The number of benzene rings is 4. The summed E-state index contributed by atoms with van der Waals surface area (Å²) in [5, 5.41) is 0. The molecule has 3 amide bonds. The van der Waals surface area contributed by atoms with E-state index in [1.807, 2.05) is 134 Å². The standard InChI is InChI=1S/C44H55N5O8/c1-34-29-35(2)43(36(3)30-34)44(53)54-28-27-49(24-21-42(52)47-57-33-39-17-11-6-12-18-39)26-25-48(22-19-40(50)45-55-31-37-13-7-4-8-14-37)23-20-41(51)46-56-32-38-15-9-5-10-16-38/h4-18,29-30H,19-28,31-33H2,1-3H3,(H,45,50)(H,46,51)(H,47,52). The van der Waals surface area contributed by atoms with Crippen LogP contribution in [0.3, 0.4) is 0 Å². The lowest BCUT2D eigenvalue weighted by Crippen LogP contribution is -2.41. The van der Waals surface area contributed by atoms with Gasteiger partial charge in [-0.15, -0.1) is 0 Å². The van der Waals surface area contributed by atoms with Gasteiger partial charge in [-0.2, -0.15) is 0 Å². The van der Waals surface area contributed by atoms with Crippen LogP contribution in [0.4, 0.5) is 0 Å². The van der Waals surface area contributed by atoms with Gasteiger partial charge in [0, 0.05) is 58.5 Å². The minimum atomic E-state index is -0.403. The lowest BCUT2D eigenvalue weighted by Gasteiger charge is -2.27. The molecule has 4 aromatic rings. The number of carbonyl (C=O) groups excluding carboxylic acids is 4. The van der Waals surface area contributed by atoms with E-state index in [1.165, 1.54) is 0 Å². The van der Waals surface area contributed by atoms with E-state index >= 15 is 0 Å². The van der Waals surface area contributed by atoms with E-state index in [2.05, 4.69) is 16.4 Å². The Kier molecular flexibility index (Phi) is 19.4. The third-order valence-electron chi connectivity index (χ3n) is 9.02. The molecular formula is C44H55N5O8. The van der Waals surface area contributed by atoms with Crippen LogP contribution in [0.5, 0.6) is 0 Å². The lowest BCUT2D eigenvalue weighted by atomic mass is 10.00. The third-order valence-corrected chi connectivity index (χ3v) is 9.02. The highest BCUT2D eigenvalue weighted by atomic mass is 16.7. The molecule has 4 rings (SSSR count). The summed E-state index contributed by atoms with van der Waals surface area (Å²) in [6, 6.07) is 32.4. The highest BCUT2D eigenvalue weighted by molar-refractivity contribution is 5.92. The van der Waals surface area contributed by atoms with Crippen LogP contribution in [0.2, 0.25) is 0 Å². The number of nitrogens with one attached hydrogen (secondary N) is 3. The van der Waals surface area contributed by atoms with Gasteiger partial charge in [-0.3, -0.25) is 33.8 Å². The van der Waals surface area contributed by atoms with Gasteiger partial charge in [0.2, 0.25) is 17.7 Å². The number of amides is 3. The second-order valence-electron chi connectivity index (χ2n) is 13.7. The largest absolute Gasteiger partial charge is 0.461 e. The quantitative estimate of drug-likeness (QED) is 0.0599. The number of carbonyl (C=O) groups is 4. The molecule has 0 saturated heterocycles. The van der Waals surface area contributed by atoms with E-state index in [0.717, 1.165) is 33.4 Å². The second-order valence-corrected chi connectivity index (χ2v) is 13.7. The number of hydroxylamine groups is 3. The summed E-state index contributed by atoms with van der Waals surface area (Å²) in [5.74, 6) is -1.30. The summed E-state index contributed by atoms with van der Waals surface area (Å²) in [7, 11) is 0. The van der Waals surface area contributed by atoms with Crippen LogP contribution in [0.15, 0.2) is 103 Å². The van der Waals surface area contributed by atoms with Crippen molar-refractivity contribution < 1.29 is 38.4 Å². The zero-order chi connectivity index (χ0) is 40.7. The smallest absolute Gasteiger partial charge is 0.338 e. The minimum absolute atomic E-state index is 0.0973. The van der Waals surface area contributed by atoms with E-state index in [1.54, 1.807) is 0 Å². The van der Waals surface area contributed by atoms with Crippen molar-refractivity contribution in [1.29, 1.82) is 0 Å². The topological polar surface area (TPSA) is 148 Å². The summed E-state index contributed by atoms with van der Waals surface area (Å²) in [5.41, 5.74) is 13.6. The van der Waals surface area contributed by atoms with Gasteiger partial charge < -0.3 is 9.64 Å². The van der Waals surface area contributed by atoms with Gasteiger partial charge in [0.05, 0.1) is 25.4 Å². The maximum atomic E-state index is 13.1. The molecule has 0 aliphatic heterocycles. The number of hydrogen-bond acceptors (Lipinski definition) is 10. The fourth-order valence-electron chi connectivity index (χ4n) is 6.05. The van der Waals surface area contributed by atoms with Crippen molar-refractivity contribution in [2.45, 2.75) is 59.9 Å². The van der Waals surface area contributed by atoms with E-state index in [9.17, 15) is 19.2 Å². The van der Waals surface area contributed by atoms with Gasteiger partial charge in [0.25, 0.3) is 0 Å². The van der Waals surface area contributed by atoms with Gasteiger partial charge in [0.15, 0.2) is 0 Å². The number of hydrogen-bond donors (Lipinski definition) is 3. The molecule has 13 nitrogen and oxygen atoms in total. The van der Waals surface area contributed by atoms with E-state index < -0.39 is 5.97 Å². The molecule has 0 atom stereocenters. The predicted octanol–water partition coefficient (Wildman–Crippen LogP) is 5.29. The first-order valence-electron chi connectivity index (χ1n) is 19.2. The molecule has 0 unspecified atom stereocenters. The normalized spacial score (nSPS) is 11.0. The first-order chi connectivity index (χ1) is 27.7. The predicted molar refractivity (Wildman–Crippen MR) is 216 cm³/mol. The van der Waals surface area contributed by atoms with Gasteiger partial charge in [-0.1, -0.05) is 109 Å². The molecule has 4 aromatic carbocycles. The molecule has 0 spiro atoms. The van der Waals surface area contributed by atoms with Crippen LogP contribution in [0.25, 0.3) is 0 Å². The first kappa shape index (κ1) is 44.3. The molecular weight excluding hydrogens is 727 g/mol. The number of ether oxygens (including phenoxy) is 1. The molecule has 304 valence electrons. The third kappa shape index (κ3) is 17.5. The van der Waals surface area contributed by atoms with Crippen LogP contribution < -0.4 is 16.4 Å². The maximum Gasteiger partial charge on any atom is 0.338 e. The zero-order valence-corrected chi connectivity index (χ0v) is 33.2. The van der Waals surface area contributed by atoms with Crippen LogP contribution >= 0.6 is 0 Å². The molecule has 57 heavy (non-hydrogen) atoms. The Hall–Kier alpha value is -5.44. The maximum absolute atomic E-state index is 13.1. The van der Waals surface area contributed by atoms with Gasteiger partial charge in [-0.05, 0) is 48.6 Å². The molecule has 13 heteroatoms.